The summed E-state index contributed by atoms with van der Waals surface area (Å²) in [5, 5.41) is 2.30. The van der Waals surface area contributed by atoms with Crippen molar-refractivity contribution in [1.82, 2.24) is 14.1 Å². The number of fused-ring (bicyclic) bond motifs is 3. The molecule has 0 N–H and O–H groups in total. The van der Waals surface area contributed by atoms with Gasteiger partial charge in [-0.3, -0.25) is 13.7 Å². The molecule has 0 atom stereocenters. The summed E-state index contributed by atoms with van der Waals surface area (Å²) >= 11 is 0. The van der Waals surface area contributed by atoms with Gasteiger partial charge in [0.1, 0.15) is 17.3 Å². The van der Waals surface area contributed by atoms with Crippen molar-refractivity contribution < 1.29 is 9.30 Å². The minimum atomic E-state index is -0.374. The number of nitrogens with zero attached hydrogens (tertiary/aromatic N) is 4. The van der Waals surface area contributed by atoms with Crippen LogP contribution in [0.3, 0.4) is 0 Å². The van der Waals surface area contributed by atoms with E-state index in [0.717, 1.165) is 56.2 Å². The van der Waals surface area contributed by atoms with Crippen LogP contribution < -0.4 is 9.30 Å². The second-order valence-electron chi connectivity index (χ2n) is 21.7. The Balaban J connectivity index is 1.08. The van der Waals surface area contributed by atoms with Gasteiger partial charge in [0.15, 0.2) is 0 Å². The van der Waals surface area contributed by atoms with Crippen LogP contribution in [0.2, 0.25) is 0 Å². The molecule has 10 aromatic rings. The molecule has 0 saturated heterocycles. The van der Waals surface area contributed by atoms with E-state index in [1.807, 2.05) is 12.3 Å². The normalized spacial score (nSPS) is 12.5. The summed E-state index contributed by atoms with van der Waals surface area (Å²) in [6, 6.07) is 65.1. The highest BCUT2D eigenvalue weighted by Gasteiger charge is 2.31. The van der Waals surface area contributed by atoms with Crippen molar-refractivity contribution in [3.63, 3.8) is 0 Å². The van der Waals surface area contributed by atoms with Gasteiger partial charge in [0.2, 0.25) is 0 Å². The zero-order chi connectivity index (χ0) is 48.3. The number of ether oxygens (including phenoxy) is 1. The van der Waals surface area contributed by atoms with E-state index in [1.54, 1.807) is 0 Å². The molecule has 0 unspecified atom stereocenters. The maximum Gasteiger partial charge on any atom is 0.269 e. The third kappa shape index (κ3) is 8.67. The summed E-state index contributed by atoms with van der Waals surface area (Å²) < 4.78 is 13.5. The van der Waals surface area contributed by atoms with Crippen LogP contribution in [0.5, 0.6) is 11.5 Å². The van der Waals surface area contributed by atoms with Gasteiger partial charge in [0.25, 0.3) is 6.33 Å². The van der Waals surface area contributed by atoms with Gasteiger partial charge >= 0.3 is 0 Å². The van der Waals surface area contributed by atoms with Gasteiger partial charge in [-0.05, 0) is 117 Å². The molecule has 0 aliphatic heterocycles. The van der Waals surface area contributed by atoms with Crippen LogP contribution in [0, 0.1) is 6.33 Å². The minimum Gasteiger partial charge on any atom is -0.458 e. The van der Waals surface area contributed by atoms with Gasteiger partial charge in [-0.1, -0.05) is 178 Å². The lowest BCUT2D eigenvalue weighted by Gasteiger charge is -2.31. The lowest BCUT2D eigenvalue weighted by molar-refractivity contribution is -0.611. The first kappa shape index (κ1) is 45.3. The Hall–Kier alpha value is -7.50. The molecule has 344 valence electrons. The first-order valence-corrected chi connectivity index (χ1v) is 24.2. The van der Waals surface area contributed by atoms with Crippen molar-refractivity contribution in [3.8, 4) is 39.8 Å². The maximum atomic E-state index is 6.85. The third-order valence-corrected chi connectivity index (χ3v) is 14.1. The molecule has 7 aromatic carbocycles. The first-order chi connectivity index (χ1) is 32.9. The van der Waals surface area contributed by atoms with E-state index in [9.17, 15) is 0 Å². The molecule has 5 heteroatoms. The van der Waals surface area contributed by atoms with Gasteiger partial charge in [0, 0.05) is 40.1 Å². The van der Waals surface area contributed by atoms with Crippen molar-refractivity contribution >= 4 is 21.8 Å². The Labute approximate surface area is 408 Å². The van der Waals surface area contributed by atoms with E-state index in [1.165, 1.54) is 38.9 Å². The van der Waals surface area contributed by atoms with E-state index >= 15 is 0 Å². The minimum absolute atomic E-state index is 0.0383. The molecule has 3 aromatic heterocycles. The molecule has 0 spiro atoms. The fourth-order valence-electron chi connectivity index (χ4n) is 9.66. The van der Waals surface area contributed by atoms with E-state index < -0.39 is 0 Å². The van der Waals surface area contributed by atoms with Gasteiger partial charge in [-0.2, -0.15) is 0 Å². The molecule has 0 saturated carbocycles. The van der Waals surface area contributed by atoms with Crippen LogP contribution in [-0.4, -0.2) is 14.1 Å². The van der Waals surface area contributed by atoms with Crippen molar-refractivity contribution in [2.24, 2.45) is 0 Å². The highest BCUT2D eigenvalue weighted by Crippen LogP contribution is 2.40. The SMILES string of the molecule is CC(C)(C)c1cc(-[n+]2[c-]n(-c3cccc(Oc4ccc5c6cc(-c7ccccc7)ccc6n(-c6cc(C(C)(C)C)ccn6)c5c4)c3)cc2C(C)(C)c2ccccc2)cc(C(C)(C)c2ccccc2)c1. The summed E-state index contributed by atoms with van der Waals surface area (Å²) in [5.41, 5.74) is 13.1. The summed E-state index contributed by atoms with van der Waals surface area (Å²) in [6.07, 6.45) is 8.01. The molecule has 10 rings (SSSR count). The zero-order valence-corrected chi connectivity index (χ0v) is 41.7. The fraction of sp³-hybridized carbons (Fsp3) is 0.219. The number of hydrogen-bond donors (Lipinski definition) is 0. The average molecular weight is 903 g/mol. The van der Waals surface area contributed by atoms with Gasteiger partial charge < -0.3 is 4.74 Å². The van der Waals surface area contributed by atoms with Crippen molar-refractivity contribution in [1.29, 1.82) is 0 Å². The number of imidazole rings is 1. The Morgan fingerprint density at radius 2 is 1.10 bits per heavy atom. The number of benzene rings is 7. The monoisotopic (exact) mass is 902 g/mol. The quantitative estimate of drug-likeness (QED) is 0.101. The smallest absolute Gasteiger partial charge is 0.269 e. The second kappa shape index (κ2) is 17.2. The van der Waals surface area contributed by atoms with E-state index in [4.69, 9.17) is 9.72 Å². The van der Waals surface area contributed by atoms with Gasteiger partial charge in [0.05, 0.1) is 28.1 Å². The van der Waals surface area contributed by atoms with Crippen molar-refractivity contribution in [2.45, 2.75) is 90.9 Å². The first-order valence-electron chi connectivity index (χ1n) is 24.2. The molecular weight excluding hydrogens is 841 g/mol. The molecule has 3 heterocycles. The van der Waals surface area contributed by atoms with E-state index in [0.29, 0.717) is 0 Å². The third-order valence-electron chi connectivity index (χ3n) is 14.1. The van der Waals surface area contributed by atoms with Crippen molar-refractivity contribution in [3.05, 3.63) is 234 Å². The summed E-state index contributed by atoms with van der Waals surface area (Å²) in [6.45, 7) is 22.9. The second-order valence-corrected chi connectivity index (χ2v) is 21.7. The molecule has 69 heavy (non-hydrogen) atoms. The summed E-state index contributed by atoms with van der Waals surface area (Å²) in [5.74, 6) is 2.35. The maximum absolute atomic E-state index is 6.85. The van der Waals surface area contributed by atoms with Gasteiger partial charge in [-0.15, -0.1) is 0 Å². The fourth-order valence-corrected chi connectivity index (χ4v) is 9.66. The molecule has 5 nitrogen and oxygen atoms in total. The molecule has 0 bridgehead atoms. The van der Waals surface area contributed by atoms with Gasteiger partial charge in [-0.25, -0.2) is 4.98 Å². The van der Waals surface area contributed by atoms with Crippen molar-refractivity contribution in [2.75, 3.05) is 0 Å². The standard InChI is InChI=1S/C64H62N4O/c1-61(2,3)48-33-34-65-60(39-48)68-57-32-29-45(44-21-14-11-15-22-44)35-56(57)55-31-30-54(41-58(55)68)69-53-28-20-27-51(40-53)66-42-59(64(9,10)47-25-18-13-19-26-47)67(43-66)52-37-49(62(4,5)6)36-50(38-52)63(7,8)46-23-16-12-17-24-46/h11-42H,1-10H3. The lowest BCUT2D eigenvalue weighted by Crippen LogP contribution is -2.41. The highest BCUT2D eigenvalue weighted by molar-refractivity contribution is 6.10. The van der Waals surface area contributed by atoms with Crippen LogP contribution in [0.1, 0.15) is 103 Å². The Morgan fingerprint density at radius 1 is 0.464 bits per heavy atom. The molecule has 0 radical (unpaired) electrons. The topological polar surface area (TPSA) is 35.9 Å². The number of rotatable bonds is 10. The lowest BCUT2D eigenvalue weighted by atomic mass is 9.75. The molecule has 0 fully saturated rings. The van der Waals surface area contributed by atoms with E-state index in [2.05, 4.69) is 271 Å². The van der Waals surface area contributed by atoms with Crippen LogP contribution in [0.15, 0.2) is 194 Å². The van der Waals surface area contributed by atoms with E-state index in [-0.39, 0.29) is 21.7 Å². The Morgan fingerprint density at radius 3 is 1.78 bits per heavy atom. The number of aromatic nitrogens is 4. The van der Waals surface area contributed by atoms with Crippen LogP contribution >= 0.6 is 0 Å². The molecular formula is C64H62N4O. The zero-order valence-electron chi connectivity index (χ0n) is 41.7. The predicted molar refractivity (Wildman–Crippen MR) is 285 cm³/mol. The Kier molecular flexibility index (Phi) is 11.3. The van der Waals surface area contributed by atoms with Crippen LogP contribution in [0.4, 0.5) is 0 Å². The van der Waals surface area contributed by atoms with Crippen LogP contribution in [0.25, 0.3) is 50.1 Å². The predicted octanol–water partition coefficient (Wildman–Crippen LogP) is 15.8. The molecule has 0 amide bonds. The number of hydrogen-bond acceptors (Lipinski definition) is 2. The number of pyridine rings is 1. The Bertz CT molecular complexity index is 3470. The summed E-state index contributed by atoms with van der Waals surface area (Å²) in [4.78, 5) is 4.96. The highest BCUT2D eigenvalue weighted by atomic mass is 16.5. The molecule has 0 aliphatic rings. The average Bonchev–Trinajstić information content (AvgIpc) is 3.95. The summed E-state index contributed by atoms with van der Waals surface area (Å²) in [7, 11) is 0. The largest absolute Gasteiger partial charge is 0.458 e. The molecule has 0 aliphatic carbocycles. The van der Waals surface area contributed by atoms with Crippen LogP contribution in [-0.2, 0) is 21.7 Å².